The third kappa shape index (κ3) is 7.28. The Bertz CT molecular complexity index is 87.3. The first-order valence-electron chi connectivity index (χ1n) is 2.88. The summed E-state index contributed by atoms with van der Waals surface area (Å²) in [7, 11) is 0. The number of nitrogens with zero attached hydrogens (tertiary/aromatic N) is 2. The first kappa shape index (κ1) is 9.28. The molecule has 0 fully saturated rings. The van der Waals surface area contributed by atoms with Crippen LogP contribution >= 0.6 is 0 Å². The number of nitrogens with two attached hydrogens (primary N) is 2. The van der Waals surface area contributed by atoms with Crippen LogP contribution in [0.4, 0.5) is 0 Å². The van der Waals surface area contributed by atoms with E-state index in [1.165, 1.54) is 0 Å². The molecule has 0 aromatic carbocycles. The molecule has 0 aliphatic heterocycles. The lowest BCUT2D eigenvalue weighted by molar-refractivity contribution is 0.0506. The summed E-state index contributed by atoms with van der Waals surface area (Å²) < 4.78 is 4.96. The fraction of sp³-hybridized carbons (Fsp3) is 1.00. The SMILES string of the molecule is NN=NCCOCCON. The number of ether oxygens (including phenoxy) is 1. The summed E-state index contributed by atoms with van der Waals surface area (Å²) in [6, 6.07) is 0. The lowest BCUT2D eigenvalue weighted by atomic mass is 10.7. The smallest absolute Gasteiger partial charge is 0.0913 e. The standard InChI is InChI=1S/C4H12N4O2/c5-8-7-1-2-9-3-4-10-6/h1-4,6H2,(H2,5,7). The molecular formula is C4H12N4O2. The average molecular weight is 148 g/mol. The molecule has 0 atom stereocenters. The van der Waals surface area contributed by atoms with Gasteiger partial charge in [-0.05, 0) is 0 Å². The molecule has 6 heteroatoms. The molecule has 0 rings (SSSR count). The van der Waals surface area contributed by atoms with Gasteiger partial charge in [0.25, 0.3) is 0 Å². The number of hydrogen-bond acceptors (Lipinski definition) is 5. The van der Waals surface area contributed by atoms with Crippen molar-refractivity contribution >= 4 is 0 Å². The van der Waals surface area contributed by atoms with Gasteiger partial charge in [0.2, 0.25) is 0 Å². The zero-order valence-electron chi connectivity index (χ0n) is 5.69. The Morgan fingerprint density at radius 2 is 2.00 bits per heavy atom. The van der Waals surface area contributed by atoms with Crippen molar-refractivity contribution in [1.82, 2.24) is 0 Å². The monoisotopic (exact) mass is 148 g/mol. The van der Waals surface area contributed by atoms with E-state index in [0.29, 0.717) is 26.4 Å². The molecule has 0 amide bonds. The van der Waals surface area contributed by atoms with Crippen LogP contribution in [0.15, 0.2) is 10.3 Å². The van der Waals surface area contributed by atoms with Crippen molar-refractivity contribution in [3.63, 3.8) is 0 Å². The van der Waals surface area contributed by atoms with E-state index < -0.39 is 0 Å². The highest BCUT2D eigenvalue weighted by molar-refractivity contribution is 4.34. The van der Waals surface area contributed by atoms with Gasteiger partial charge < -0.3 is 15.4 Å². The fourth-order valence-corrected chi connectivity index (χ4v) is 0.372. The zero-order chi connectivity index (χ0) is 7.66. The summed E-state index contributed by atoms with van der Waals surface area (Å²) in [4.78, 5) is 4.24. The molecule has 0 aliphatic carbocycles. The first-order chi connectivity index (χ1) is 4.91. The number of rotatable bonds is 6. The van der Waals surface area contributed by atoms with Gasteiger partial charge in [-0.15, -0.1) is 0 Å². The molecule has 0 unspecified atom stereocenters. The van der Waals surface area contributed by atoms with E-state index >= 15 is 0 Å². The number of hydrogen-bond donors (Lipinski definition) is 2. The predicted molar refractivity (Wildman–Crippen MR) is 34.9 cm³/mol. The van der Waals surface area contributed by atoms with Gasteiger partial charge in [0, 0.05) is 0 Å². The van der Waals surface area contributed by atoms with Crippen molar-refractivity contribution < 1.29 is 9.57 Å². The average Bonchev–Trinajstić information content (AvgIpc) is 1.97. The Hall–Kier alpha value is -0.720. The van der Waals surface area contributed by atoms with Crippen LogP contribution in [0.3, 0.4) is 0 Å². The minimum absolute atomic E-state index is 0.389. The molecule has 0 heterocycles. The van der Waals surface area contributed by atoms with Crippen molar-refractivity contribution in [2.45, 2.75) is 0 Å². The van der Waals surface area contributed by atoms with Crippen LogP contribution in [-0.4, -0.2) is 26.4 Å². The molecule has 0 radical (unpaired) electrons. The van der Waals surface area contributed by atoms with Gasteiger partial charge in [-0.25, -0.2) is 5.90 Å². The second-order valence-electron chi connectivity index (χ2n) is 1.46. The third-order valence-electron chi connectivity index (χ3n) is 0.763. The zero-order valence-corrected chi connectivity index (χ0v) is 5.69. The predicted octanol–water partition coefficient (Wildman–Crippen LogP) is -0.781. The van der Waals surface area contributed by atoms with E-state index in [2.05, 4.69) is 15.2 Å². The van der Waals surface area contributed by atoms with E-state index in [-0.39, 0.29) is 0 Å². The minimum Gasteiger partial charge on any atom is -0.377 e. The molecule has 0 saturated heterocycles. The summed E-state index contributed by atoms with van der Waals surface area (Å²) in [6.07, 6.45) is 0. The Kier molecular flexibility index (Phi) is 7.68. The van der Waals surface area contributed by atoms with Gasteiger partial charge in [-0.1, -0.05) is 5.22 Å². The highest BCUT2D eigenvalue weighted by Crippen LogP contribution is 1.76. The molecule has 0 aromatic heterocycles. The van der Waals surface area contributed by atoms with Gasteiger partial charge in [-0.3, -0.25) is 0 Å². The molecule has 0 aromatic rings. The molecule has 60 valence electrons. The van der Waals surface area contributed by atoms with Crippen LogP contribution in [0.5, 0.6) is 0 Å². The van der Waals surface area contributed by atoms with Crippen LogP contribution in [0, 0.1) is 0 Å². The minimum atomic E-state index is 0.389. The van der Waals surface area contributed by atoms with E-state index in [1.54, 1.807) is 0 Å². The summed E-state index contributed by atoms with van der Waals surface area (Å²) in [5.74, 6) is 9.45. The van der Waals surface area contributed by atoms with Crippen LogP contribution in [0.2, 0.25) is 0 Å². The molecule has 0 spiro atoms. The van der Waals surface area contributed by atoms with E-state index in [9.17, 15) is 0 Å². The summed E-state index contributed by atoms with van der Waals surface area (Å²) >= 11 is 0. The second-order valence-corrected chi connectivity index (χ2v) is 1.46. The van der Waals surface area contributed by atoms with E-state index in [4.69, 9.17) is 16.5 Å². The molecule has 10 heavy (non-hydrogen) atoms. The van der Waals surface area contributed by atoms with Crippen LogP contribution in [0.1, 0.15) is 0 Å². The summed E-state index contributed by atoms with van der Waals surface area (Å²) in [5, 5.41) is 6.52. The fourth-order valence-electron chi connectivity index (χ4n) is 0.372. The molecular weight excluding hydrogens is 136 g/mol. The van der Waals surface area contributed by atoms with Gasteiger partial charge in [0.05, 0.1) is 26.4 Å². The van der Waals surface area contributed by atoms with Gasteiger partial charge in [0.15, 0.2) is 0 Å². The van der Waals surface area contributed by atoms with Crippen LogP contribution in [0.25, 0.3) is 0 Å². The van der Waals surface area contributed by atoms with Crippen molar-refractivity contribution in [1.29, 1.82) is 0 Å². The molecule has 6 nitrogen and oxygen atoms in total. The maximum Gasteiger partial charge on any atom is 0.0913 e. The topological polar surface area (TPSA) is 95.2 Å². The van der Waals surface area contributed by atoms with Crippen LogP contribution < -0.4 is 11.7 Å². The highest BCUT2D eigenvalue weighted by atomic mass is 16.6. The van der Waals surface area contributed by atoms with Crippen molar-refractivity contribution in [2.24, 2.45) is 22.1 Å². The Labute approximate surface area is 59.1 Å². The maximum absolute atomic E-state index is 4.96. The largest absolute Gasteiger partial charge is 0.377 e. The second kappa shape index (κ2) is 8.28. The Morgan fingerprint density at radius 1 is 1.20 bits per heavy atom. The van der Waals surface area contributed by atoms with Crippen LogP contribution in [-0.2, 0) is 9.57 Å². The Morgan fingerprint density at radius 3 is 2.60 bits per heavy atom. The van der Waals surface area contributed by atoms with E-state index in [0.717, 1.165) is 0 Å². The van der Waals surface area contributed by atoms with E-state index in [1.807, 2.05) is 0 Å². The van der Waals surface area contributed by atoms with Gasteiger partial charge in [0.1, 0.15) is 0 Å². The summed E-state index contributed by atoms with van der Waals surface area (Å²) in [6.45, 7) is 1.82. The van der Waals surface area contributed by atoms with Crippen molar-refractivity contribution in [3.05, 3.63) is 0 Å². The molecule has 0 aliphatic rings. The first-order valence-corrected chi connectivity index (χ1v) is 2.88. The van der Waals surface area contributed by atoms with Gasteiger partial charge in [-0.2, -0.15) is 5.11 Å². The lowest BCUT2D eigenvalue weighted by Gasteiger charge is -1.98. The molecule has 0 bridgehead atoms. The van der Waals surface area contributed by atoms with Crippen molar-refractivity contribution in [3.8, 4) is 0 Å². The van der Waals surface area contributed by atoms with Gasteiger partial charge >= 0.3 is 0 Å². The molecule has 0 saturated carbocycles. The highest BCUT2D eigenvalue weighted by Gasteiger charge is 1.85. The lowest BCUT2D eigenvalue weighted by Crippen LogP contribution is -2.09. The maximum atomic E-state index is 4.96. The summed E-state index contributed by atoms with van der Waals surface area (Å²) in [5.41, 5.74) is 0. The van der Waals surface area contributed by atoms with Crippen molar-refractivity contribution in [2.75, 3.05) is 26.4 Å². The molecule has 4 N–H and O–H groups in total. The normalized spacial score (nSPS) is 10.9. The Balaban J connectivity index is 2.77. The third-order valence-corrected chi connectivity index (χ3v) is 0.763. The quantitative estimate of drug-likeness (QED) is 0.223.